The molecule has 1 nitrogen and oxygen atoms in total. The quantitative estimate of drug-likeness (QED) is 0.435. The maximum absolute atomic E-state index is 3.72. The molecule has 1 heteroatoms. The Morgan fingerprint density at radius 3 is 2.83 bits per heavy atom. The topological polar surface area (TPSA) is 12.0 Å². The molecule has 0 fully saturated rings. The first-order chi connectivity index (χ1) is 5.81. The Morgan fingerprint density at radius 2 is 2.25 bits per heavy atom. The second-order valence-electron chi connectivity index (χ2n) is 3.53. The first kappa shape index (κ1) is 11.7. The zero-order valence-electron chi connectivity index (χ0n) is 8.60. The highest BCUT2D eigenvalue weighted by molar-refractivity contribution is 4.67. The minimum absolute atomic E-state index is 0.816. The molecule has 0 spiro atoms. The Hall–Kier alpha value is -0.300. The summed E-state index contributed by atoms with van der Waals surface area (Å²) in [5, 5.41) is 3.44. The van der Waals surface area contributed by atoms with Crippen molar-refractivity contribution in [3.8, 4) is 0 Å². The normalized spacial score (nSPS) is 12.8. The molecule has 0 heterocycles. The van der Waals surface area contributed by atoms with E-state index in [0.29, 0.717) is 0 Å². The summed E-state index contributed by atoms with van der Waals surface area (Å²) in [6.07, 6.45) is 7.02. The van der Waals surface area contributed by atoms with E-state index < -0.39 is 0 Å². The fourth-order valence-corrected chi connectivity index (χ4v) is 1.24. The molecule has 0 radical (unpaired) electrons. The third kappa shape index (κ3) is 7.80. The molecule has 0 saturated heterocycles. The Kier molecular flexibility index (Phi) is 8.57. The number of rotatable bonds is 8. The zero-order chi connectivity index (χ0) is 9.23. The van der Waals surface area contributed by atoms with Gasteiger partial charge in [-0.1, -0.05) is 19.9 Å². The van der Waals surface area contributed by atoms with Gasteiger partial charge in [-0.3, -0.25) is 0 Å². The lowest BCUT2D eigenvalue weighted by Gasteiger charge is -2.10. The SMILES string of the molecule is C=CCCCC(C)CNCCC. The van der Waals surface area contributed by atoms with Gasteiger partial charge in [0.05, 0.1) is 0 Å². The van der Waals surface area contributed by atoms with Gasteiger partial charge >= 0.3 is 0 Å². The van der Waals surface area contributed by atoms with E-state index in [9.17, 15) is 0 Å². The molecule has 0 aliphatic carbocycles. The fourth-order valence-electron chi connectivity index (χ4n) is 1.24. The van der Waals surface area contributed by atoms with Gasteiger partial charge in [-0.25, -0.2) is 0 Å². The van der Waals surface area contributed by atoms with Crippen LogP contribution in [0.3, 0.4) is 0 Å². The van der Waals surface area contributed by atoms with E-state index in [1.54, 1.807) is 0 Å². The van der Waals surface area contributed by atoms with Crippen LogP contribution in [0.5, 0.6) is 0 Å². The highest BCUT2D eigenvalue weighted by Crippen LogP contribution is 2.06. The number of unbranched alkanes of at least 4 members (excludes halogenated alkanes) is 1. The van der Waals surface area contributed by atoms with Crippen LogP contribution in [0.25, 0.3) is 0 Å². The van der Waals surface area contributed by atoms with Crippen molar-refractivity contribution in [2.75, 3.05) is 13.1 Å². The summed E-state index contributed by atoms with van der Waals surface area (Å²) in [7, 11) is 0. The summed E-state index contributed by atoms with van der Waals surface area (Å²) in [5.41, 5.74) is 0. The van der Waals surface area contributed by atoms with Crippen molar-refractivity contribution >= 4 is 0 Å². The van der Waals surface area contributed by atoms with Crippen molar-refractivity contribution in [3.05, 3.63) is 12.7 Å². The van der Waals surface area contributed by atoms with Crippen molar-refractivity contribution in [1.82, 2.24) is 5.32 Å². The van der Waals surface area contributed by atoms with Gasteiger partial charge in [0.15, 0.2) is 0 Å². The highest BCUT2D eigenvalue weighted by atomic mass is 14.8. The molecular formula is C11H23N. The Labute approximate surface area is 77.2 Å². The molecule has 0 amide bonds. The maximum Gasteiger partial charge on any atom is -0.00232 e. The minimum Gasteiger partial charge on any atom is -0.316 e. The molecule has 1 unspecified atom stereocenters. The summed E-state index contributed by atoms with van der Waals surface area (Å²) in [6, 6.07) is 0. The average Bonchev–Trinajstić information content (AvgIpc) is 2.06. The van der Waals surface area contributed by atoms with Crippen LogP contribution in [0.4, 0.5) is 0 Å². The van der Waals surface area contributed by atoms with Crippen LogP contribution < -0.4 is 5.32 Å². The zero-order valence-corrected chi connectivity index (χ0v) is 8.60. The molecule has 0 aromatic rings. The van der Waals surface area contributed by atoms with Gasteiger partial charge in [0, 0.05) is 0 Å². The van der Waals surface area contributed by atoms with Gasteiger partial charge < -0.3 is 5.32 Å². The maximum atomic E-state index is 3.72. The van der Waals surface area contributed by atoms with Gasteiger partial charge in [-0.05, 0) is 44.7 Å². The van der Waals surface area contributed by atoms with E-state index in [4.69, 9.17) is 0 Å². The smallest absolute Gasteiger partial charge is 0.00232 e. The molecule has 0 aliphatic heterocycles. The molecule has 0 aromatic heterocycles. The van der Waals surface area contributed by atoms with E-state index in [1.807, 2.05) is 6.08 Å². The summed E-state index contributed by atoms with van der Waals surface area (Å²) in [4.78, 5) is 0. The highest BCUT2D eigenvalue weighted by Gasteiger charge is 1.99. The van der Waals surface area contributed by atoms with E-state index in [2.05, 4.69) is 25.7 Å². The lowest BCUT2D eigenvalue weighted by Crippen LogP contribution is -2.21. The van der Waals surface area contributed by atoms with Crippen LogP contribution in [0.15, 0.2) is 12.7 Å². The number of allylic oxidation sites excluding steroid dienone is 1. The Morgan fingerprint density at radius 1 is 1.50 bits per heavy atom. The average molecular weight is 169 g/mol. The van der Waals surface area contributed by atoms with Crippen LogP contribution in [-0.4, -0.2) is 13.1 Å². The minimum atomic E-state index is 0.816. The van der Waals surface area contributed by atoms with Crippen LogP contribution in [0, 0.1) is 5.92 Å². The third-order valence-corrected chi connectivity index (χ3v) is 2.02. The summed E-state index contributed by atoms with van der Waals surface area (Å²) in [5.74, 6) is 0.816. The van der Waals surface area contributed by atoms with Gasteiger partial charge in [-0.2, -0.15) is 0 Å². The van der Waals surface area contributed by atoms with E-state index in [1.165, 1.54) is 25.8 Å². The van der Waals surface area contributed by atoms with Gasteiger partial charge in [0.2, 0.25) is 0 Å². The molecule has 1 N–H and O–H groups in total. The molecule has 0 aromatic carbocycles. The summed E-state index contributed by atoms with van der Waals surface area (Å²) >= 11 is 0. The predicted molar refractivity (Wildman–Crippen MR) is 56.4 cm³/mol. The summed E-state index contributed by atoms with van der Waals surface area (Å²) in [6.45, 7) is 10.6. The largest absolute Gasteiger partial charge is 0.316 e. The molecule has 0 rings (SSSR count). The van der Waals surface area contributed by atoms with E-state index in [0.717, 1.165) is 18.9 Å². The first-order valence-electron chi connectivity index (χ1n) is 5.12. The van der Waals surface area contributed by atoms with Gasteiger partial charge in [0.25, 0.3) is 0 Å². The second-order valence-corrected chi connectivity index (χ2v) is 3.53. The van der Waals surface area contributed by atoms with Crippen molar-refractivity contribution in [2.24, 2.45) is 5.92 Å². The van der Waals surface area contributed by atoms with Crippen molar-refractivity contribution < 1.29 is 0 Å². The standard InChI is InChI=1S/C11H23N/c1-4-6-7-8-11(3)10-12-9-5-2/h4,11-12H,1,5-10H2,2-3H3. The molecule has 0 saturated carbocycles. The van der Waals surface area contributed by atoms with Crippen LogP contribution in [-0.2, 0) is 0 Å². The third-order valence-electron chi connectivity index (χ3n) is 2.02. The first-order valence-corrected chi connectivity index (χ1v) is 5.12. The van der Waals surface area contributed by atoms with Crippen LogP contribution in [0.1, 0.15) is 39.5 Å². The molecular weight excluding hydrogens is 146 g/mol. The van der Waals surface area contributed by atoms with Gasteiger partial charge in [0.1, 0.15) is 0 Å². The Bertz CT molecular complexity index is 99.2. The lowest BCUT2D eigenvalue weighted by molar-refractivity contribution is 0.469. The van der Waals surface area contributed by atoms with E-state index in [-0.39, 0.29) is 0 Å². The molecule has 0 aliphatic rings. The number of hydrogen-bond acceptors (Lipinski definition) is 1. The van der Waals surface area contributed by atoms with E-state index >= 15 is 0 Å². The number of nitrogens with one attached hydrogen (secondary N) is 1. The predicted octanol–water partition coefficient (Wildman–Crippen LogP) is 2.98. The van der Waals surface area contributed by atoms with Crippen LogP contribution in [0.2, 0.25) is 0 Å². The molecule has 0 bridgehead atoms. The number of hydrogen-bond donors (Lipinski definition) is 1. The van der Waals surface area contributed by atoms with Gasteiger partial charge in [-0.15, -0.1) is 6.58 Å². The van der Waals surface area contributed by atoms with Crippen molar-refractivity contribution in [1.29, 1.82) is 0 Å². The molecule has 12 heavy (non-hydrogen) atoms. The van der Waals surface area contributed by atoms with Crippen molar-refractivity contribution in [3.63, 3.8) is 0 Å². The molecule has 72 valence electrons. The summed E-state index contributed by atoms with van der Waals surface area (Å²) < 4.78 is 0. The van der Waals surface area contributed by atoms with Crippen molar-refractivity contribution in [2.45, 2.75) is 39.5 Å². The Balaban J connectivity index is 3.09. The molecule has 1 atom stereocenters. The lowest BCUT2D eigenvalue weighted by atomic mass is 10.0. The monoisotopic (exact) mass is 169 g/mol. The van der Waals surface area contributed by atoms with Crippen LogP contribution >= 0.6 is 0 Å². The second kappa shape index (κ2) is 8.79. The fraction of sp³-hybridized carbons (Fsp3) is 0.818.